The molecule has 0 N–H and O–H groups in total. The first kappa shape index (κ1) is 14.3. The SMILES string of the molecule is c1ccc2c(c1)B1Oc3cc4c(cc3N1c1cccnc1-2)oc1ccccc14. The van der Waals surface area contributed by atoms with Crippen LogP contribution in [0.1, 0.15) is 0 Å². The van der Waals surface area contributed by atoms with Gasteiger partial charge in [-0.1, -0.05) is 42.5 Å². The van der Waals surface area contributed by atoms with Gasteiger partial charge in [-0.25, -0.2) is 0 Å². The lowest BCUT2D eigenvalue weighted by atomic mass is 9.66. The van der Waals surface area contributed by atoms with Crippen LogP contribution in [-0.2, 0) is 0 Å². The maximum atomic E-state index is 6.48. The van der Waals surface area contributed by atoms with Crippen LogP contribution < -0.4 is 14.9 Å². The largest absolute Gasteiger partial charge is 0.536 e. The number of nitrogens with zero attached hydrogens (tertiary/aromatic N) is 2. The molecule has 0 atom stereocenters. The summed E-state index contributed by atoms with van der Waals surface area (Å²) in [5.41, 5.74) is 7.07. The fourth-order valence-electron chi connectivity index (χ4n) is 4.51. The third kappa shape index (κ3) is 1.69. The molecular formula is C23H13BN2O2. The van der Waals surface area contributed by atoms with Crippen molar-refractivity contribution < 1.29 is 9.07 Å². The number of hydrogen-bond donors (Lipinski definition) is 0. The van der Waals surface area contributed by atoms with E-state index < -0.39 is 0 Å². The smallest absolute Gasteiger partial charge is 0.525 e. The summed E-state index contributed by atoms with van der Waals surface area (Å²) in [6.07, 6.45) is 1.84. The van der Waals surface area contributed by atoms with Crippen LogP contribution >= 0.6 is 0 Å². The zero-order valence-corrected chi connectivity index (χ0v) is 14.8. The van der Waals surface area contributed by atoms with E-state index in [0.29, 0.717) is 0 Å². The van der Waals surface area contributed by atoms with Crippen molar-refractivity contribution in [3.8, 4) is 17.0 Å². The van der Waals surface area contributed by atoms with E-state index in [9.17, 15) is 0 Å². The molecule has 4 nitrogen and oxygen atoms in total. The number of pyridine rings is 1. The molecule has 0 amide bonds. The molecule has 0 unspecified atom stereocenters. The molecule has 2 aromatic heterocycles. The molecular weight excluding hydrogens is 347 g/mol. The molecule has 7 rings (SSSR count). The molecule has 2 aliphatic rings. The van der Waals surface area contributed by atoms with Crippen LogP contribution in [0.5, 0.6) is 5.75 Å². The molecule has 0 saturated heterocycles. The van der Waals surface area contributed by atoms with Gasteiger partial charge in [-0.3, -0.25) is 4.98 Å². The summed E-state index contributed by atoms with van der Waals surface area (Å²) in [7, 11) is -0.194. The van der Waals surface area contributed by atoms with Gasteiger partial charge in [-0.15, -0.1) is 0 Å². The number of anilines is 2. The summed E-state index contributed by atoms with van der Waals surface area (Å²) in [6, 6.07) is 24.7. The number of furan rings is 1. The Morgan fingerprint density at radius 2 is 1.68 bits per heavy atom. The quantitative estimate of drug-likeness (QED) is 0.369. The maximum absolute atomic E-state index is 6.48. The van der Waals surface area contributed by atoms with Crippen LogP contribution in [0.15, 0.2) is 83.4 Å². The Bertz CT molecular complexity index is 1430. The van der Waals surface area contributed by atoms with E-state index in [1.54, 1.807) is 0 Å². The number of benzene rings is 3. The third-order valence-corrected chi connectivity index (χ3v) is 5.72. The van der Waals surface area contributed by atoms with Crippen molar-refractivity contribution in [3.05, 3.63) is 79.0 Å². The summed E-state index contributed by atoms with van der Waals surface area (Å²) in [4.78, 5) is 6.90. The topological polar surface area (TPSA) is 38.5 Å². The highest BCUT2D eigenvalue weighted by Gasteiger charge is 2.45. The van der Waals surface area contributed by atoms with E-state index in [4.69, 9.17) is 9.07 Å². The first-order chi connectivity index (χ1) is 13.9. The van der Waals surface area contributed by atoms with Crippen LogP contribution in [-0.4, -0.2) is 12.0 Å². The van der Waals surface area contributed by atoms with E-state index in [2.05, 4.69) is 52.3 Å². The van der Waals surface area contributed by atoms with Crippen LogP contribution in [0.2, 0.25) is 0 Å². The first-order valence-electron chi connectivity index (χ1n) is 9.34. The zero-order chi connectivity index (χ0) is 18.2. The molecule has 0 bridgehead atoms. The van der Waals surface area contributed by atoms with E-state index in [1.807, 2.05) is 36.5 Å². The number of fused-ring (bicyclic) bond motifs is 11. The Kier molecular flexibility index (Phi) is 2.54. The van der Waals surface area contributed by atoms with Crippen molar-refractivity contribution in [2.24, 2.45) is 0 Å². The predicted molar refractivity (Wildman–Crippen MR) is 112 cm³/mol. The summed E-state index contributed by atoms with van der Waals surface area (Å²) in [5.74, 6) is 0.871. The van der Waals surface area contributed by atoms with Crippen molar-refractivity contribution in [2.75, 3.05) is 4.81 Å². The van der Waals surface area contributed by atoms with Gasteiger partial charge in [-0.2, -0.15) is 0 Å². The van der Waals surface area contributed by atoms with Crippen LogP contribution in [0.4, 0.5) is 11.4 Å². The fraction of sp³-hybridized carbons (Fsp3) is 0. The van der Waals surface area contributed by atoms with Crippen molar-refractivity contribution in [2.45, 2.75) is 0 Å². The average Bonchev–Trinajstić information content (AvgIpc) is 3.30. The Labute approximate surface area is 161 Å². The van der Waals surface area contributed by atoms with Gasteiger partial charge in [0.15, 0.2) is 0 Å². The summed E-state index contributed by atoms with van der Waals surface area (Å²) < 4.78 is 12.6. The minimum absolute atomic E-state index is 0.194. The molecule has 2 aliphatic heterocycles. The normalized spacial score (nSPS) is 13.9. The highest BCUT2D eigenvalue weighted by atomic mass is 16.5. The lowest BCUT2D eigenvalue weighted by Gasteiger charge is -2.30. The molecule has 0 saturated carbocycles. The fourth-order valence-corrected chi connectivity index (χ4v) is 4.51. The summed E-state index contributed by atoms with van der Waals surface area (Å²) >= 11 is 0. The van der Waals surface area contributed by atoms with Crippen LogP contribution in [0, 0.1) is 0 Å². The molecule has 0 aliphatic carbocycles. The molecule has 4 heterocycles. The van der Waals surface area contributed by atoms with Gasteiger partial charge < -0.3 is 13.9 Å². The molecule has 3 aromatic carbocycles. The van der Waals surface area contributed by atoms with E-state index in [-0.39, 0.29) is 7.05 Å². The third-order valence-electron chi connectivity index (χ3n) is 5.72. The van der Waals surface area contributed by atoms with Gasteiger partial charge in [0.05, 0.1) is 17.1 Å². The molecule has 28 heavy (non-hydrogen) atoms. The monoisotopic (exact) mass is 360 g/mol. The van der Waals surface area contributed by atoms with Crippen molar-refractivity contribution in [3.63, 3.8) is 0 Å². The Hall–Kier alpha value is -3.73. The summed E-state index contributed by atoms with van der Waals surface area (Å²) in [5, 5.41) is 2.19. The second-order valence-electron chi connectivity index (χ2n) is 7.21. The van der Waals surface area contributed by atoms with Gasteiger partial charge in [0.2, 0.25) is 0 Å². The Morgan fingerprint density at radius 1 is 0.786 bits per heavy atom. The Balaban J connectivity index is 1.53. The maximum Gasteiger partial charge on any atom is 0.525 e. The Morgan fingerprint density at radius 3 is 2.68 bits per heavy atom. The van der Waals surface area contributed by atoms with E-state index in [1.165, 1.54) is 0 Å². The van der Waals surface area contributed by atoms with E-state index >= 15 is 0 Å². The number of aromatic nitrogens is 1. The average molecular weight is 360 g/mol. The molecule has 0 radical (unpaired) electrons. The number of para-hydroxylation sites is 1. The van der Waals surface area contributed by atoms with Crippen molar-refractivity contribution in [1.82, 2.24) is 4.98 Å². The molecule has 0 fully saturated rings. The second-order valence-corrected chi connectivity index (χ2v) is 7.21. The minimum Gasteiger partial charge on any atom is -0.536 e. The zero-order valence-electron chi connectivity index (χ0n) is 14.8. The number of rotatable bonds is 0. The van der Waals surface area contributed by atoms with Crippen molar-refractivity contribution >= 4 is 45.8 Å². The standard InChI is InChI=1S/C23H13BN2O2/c1-3-8-17-15(7-1)23-18(9-5-11-25-23)26-19-13-21-16(12-22(19)28-24(17)26)14-6-2-4-10-20(14)27-21/h1-13H. The summed E-state index contributed by atoms with van der Waals surface area (Å²) in [6.45, 7) is 0. The molecule has 5 heteroatoms. The van der Waals surface area contributed by atoms with Gasteiger partial charge >= 0.3 is 7.05 Å². The van der Waals surface area contributed by atoms with Gasteiger partial charge in [0, 0.05) is 28.6 Å². The minimum atomic E-state index is -0.194. The van der Waals surface area contributed by atoms with Crippen molar-refractivity contribution in [1.29, 1.82) is 0 Å². The lowest BCUT2D eigenvalue weighted by molar-refractivity contribution is 0.603. The lowest BCUT2D eigenvalue weighted by Crippen LogP contribution is -2.50. The molecule has 0 spiro atoms. The highest BCUT2D eigenvalue weighted by molar-refractivity contribution is 6.77. The van der Waals surface area contributed by atoms with Crippen LogP contribution in [0.25, 0.3) is 33.2 Å². The predicted octanol–water partition coefficient (Wildman–Crippen LogP) is 4.89. The highest BCUT2D eigenvalue weighted by Crippen LogP contribution is 2.48. The van der Waals surface area contributed by atoms with Gasteiger partial charge in [0.25, 0.3) is 0 Å². The second kappa shape index (κ2) is 4.96. The number of hydrogen-bond acceptors (Lipinski definition) is 4. The van der Waals surface area contributed by atoms with Gasteiger partial charge in [0.1, 0.15) is 16.9 Å². The van der Waals surface area contributed by atoms with Crippen LogP contribution in [0.3, 0.4) is 0 Å². The first-order valence-corrected chi connectivity index (χ1v) is 9.34. The molecule has 130 valence electrons. The van der Waals surface area contributed by atoms with E-state index in [0.717, 1.165) is 55.8 Å². The van der Waals surface area contributed by atoms with Gasteiger partial charge in [-0.05, 0) is 29.7 Å². The molecule has 5 aromatic rings.